The second kappa shape index (κ2) is 5.96. The predicted octanol–water partition coefficient (Wildman–Crippen LogP) is 1.16. The lowest BCUT2D eigenvalue weighted by Gasteiger charge is -2.22. The van der Waals surface area contributed by atoms with E-state index >= 15 is 0 Å². The van der Waals surface area contributed by atoms with Gasteiger partial charge in [-0.1, -0.05) is 11.2 Å². The first-order chi connectivity index (χ1) is 11.2. The normalized spacial score (nSPS) is 19.7. The summed E-state index contributed by atoms with van der Waals surface area (Å²) in [6, 6.07) is 6.33. The lowest BCUT2D eigenvalue weighted by atomic mass is 10.1. The standard InChI is InChI=1S/C14H17N3O5S2/c1-10-8-13(16-22-10)14-6-3-7-17(14)24(20,21)12-5-2-4-11(9-12)23(15,18)19/h2,4-5,8-9,14H,3,6-7H2,1H3,(H2,15,18,19)/t14-/m0/s1. The molecule has 0 spiro atoms. The summed E-state index contributed by atoms with van der Waals surface area (Å²) in [6.07, 6.45) is 1.31. The molecular weight excluding hydrogens is 354 g/mol. The summed E-state index contributed by atoms with van der Waals surface area (Å²) >= 11 is 0. The van der Waals surface area contributed by atoms with Gasteiger partial charge in [0.25, 0.3) is 0 Å². The van der Waals surface area contributed by atoms with Crippen molar-refractivity contribution in [3.8, 4) is 0 Å². The van der Waals surface area contributed by atoms with E-state index in [0.29, 0.717) is 30.8 Å². The SMILES string of the molecule is Cc1cc([C@@H]2CCCN2S(=O)(=O)c2cccc(S(N)(=O)=O)c2)no1. The average Bonchev–Trinajstić information content (AvgIpc) is 3.15. The quantitative estimate of drug-likeness (QED) is 0.860. The van der Waals surface area contributed by atoms with E-state index in [2.05, 4.69) is 5.16 Å². The smallest absolute Gasteiger partial charge is 0.243 e. The fraction of sp³-hybridized carbons (Fsp3) is 0.357. The van der Waals surface area contributed by atoms with Crippen LogP contribution in [0.3, 0.4) is 0 Å². The first-order valence-electron chi connectivity index (χ1n) is 7.27. The molecule has 0 saturated carbocycles. The number of hydrogen-bond acceptors (Lipinski definition) is 6. The lowest BCUT2D eigenvalue weighted by Crippen LogP contribution is -2.31. The molecule has 1 aliphatic heterocycles. The summed E-state index contributed by atoms with van der Waals surface area (Å²) < 4.78 is 55.2. The van der Waals surface area contributed by atoms with Gasteiger partial charge < -0.3 is 4.52 Å². The van der Waals surface area contributed by atoms with Gasteiger partial charge in [-0.15, -0.1) is 0 Å². The highest BCUT2D eigenvalue weighted by atomic mass is 32.2. The van der Waals surface area contributed by atoms with Crippen LogP contribution in [0.25, 0.3) is 0 Å². The Morgan fingerprint density at radius 1 is 1.21 bits per heavy atom. The Bertz CT molecular complexity index is 966. The Morgan fingerprint density at radius 3 is 2.54 bits per heavy atom. The summed E-state index contributed by atoms with van der Waals surface area (Å²) in [5.41, 5.74) is 0.552. The Balaban J connectivity index is 2.01. The maximum Gasteiger partial charge on any atom is 0.243 e. The van der Waals surface area contributed by atoms with E-state index in [1.54, 1.807) is 13.0 Å². The van der Waals surface area contributed by atoms with Crippen molar-refractivity contribution in [3.05, 3.63) is 41.8 Å². The molecule has 130 valence electrons. The topological polar surface area (TPSA) is 124 Å². The third-order valence-electron chi connectivity index (χ3n) is 3.93. The van der Waals surface area contributed by atoms with Crippen LogP contribution < -0.4 is 5.14 Å². The van der Waals surface area contributed by atoms with E-state index in [1.165, 1.54) is 22.5 Å². The van der Waals surface area contributed by atoms with E-state index in [1.807, 2.05) is 0 Å². The molecule has 2 N–H and O–H groups in total. The molecule has 1 atom stereocenters. The van der Waals surface area contributed by atoms with Crippen LogP contribution in [0.4, 0.5) is 0 Å². The van der Waals surface area contributed by atoms with Gasteiger partial charge in [0, 0.05) is 12.6 Å². The fourth-order valence-electron chi connectivity index (χ4n) is 2.81. The van der Waals surface area contributed by atoms with Crippen LogP contribution >= 0.6 is 0 Å². The lowest BCUT2D eigenvalue weighted by molar-refractivity contribution is 0.349. The number of primary sulfonamides is 1. The zero-order valence-electron chi connectivity index (χ0n) is 12.9. The number of aryl methyl sites for hydroxylation is 1. The van der Waals surface area contributed by atoms with E-state index in [9.17, 15) is 16.8 Å². The molecule has 1 saturated heterocycles. The van der Waals surface area contributed by atoms with Crippen molar-refractivity contribution in [1.82, 2.24) is 9.46 Å². The molecule has 3 rings (SSSR count). The molecule has 0 bridgehead atoms. The molecular formula is C14H17N3O5S2. The Kier molecular flexibility index (Phi) is 4.24. The van der Waals surface area contributed by atoms with E-state index < -0.39 is 26.1 Å². The highest BCUT2D eigenvalue weighted by Gasteiger charge is 2.38. The van der Waals surface area contributed by atoms with Gasteiger partial charge in [-0.2, -0.15) is 4.31 Å². The summed E-state index contributed by atoms with van der Waals surface area (Å²) in [5.74, 6) is 0.602. The van der Waals surface area contributed by atoms with E-state index in [4.69, 9.17) is 9.66 Å². The molecule has 1 fully saturated rings. The van der Waals surface area contributed by atoms with Crippen LogP contribution in [0, 0.1) is 6.92 Å². The van der Waals surface area contributed by atoms with Crippen molar-refractivity contribution in [2.24, 2.45) is 5.14 Å². The van der Waals surface area contributed by atoms with Crippen LogP contribution in [0.5, 0.6) is 0 Å². The highest BCUT2D eigenvalue weighted by Crippen LogP contribution is 2.36. The van der Waals surface area contributed by atoms with Crippen LogP contribution in [0.1, 0.15) is 30.3 Å². The van der Waals surface area contributed by atoms with Gasteiger partial charge in [0.05, 0.1) is 15.8 Å². The molecule has 24 heavy (non-hydrogen) atoms. The van der Waals surface area contributed by atoms with Crippen molar-refractivity contribution in [3.63, 3.8) is 0 Å². The zero-order valence-corrected chi connectivity index (χ0v) is 14.5. The van der Waals surface area contributed by atoms with Gasteiger partial charge in [-0.3, -0.25) is 0 Å². The fourth-order valence-corrected chi connectivity index (χ4v) is 5.16. The van der Waals surface area contributed by atoms with Gasteiger partial charge in [0.15, 0.2) is 0 Å². The maximum atomic E-state index is 12.9. The summed E-state index contributed by atoms with van der Waals surface area (Å²) in [6.45, 7) is 2.07. The number of aromatic nitrogens is 1. The molecule has 0 radical (unpaired) electrons. The number of benzene rings is 1. The van der Waals surface area contributed by atoms with Crippen LogP contribution in [0.2, 0.25) is 0 Å². The molecule has 10 heteroatoms. The van der Waals surface area contributed by atoms with Crippen molar-refractivity contribution in [1.29, 1.82) is 0 Å². The average molecular weight is 371 g/mol. The van der Waals surface area contributed by atoms with Gasteiger partial charge in [0.2, 0.25) is 20.0 Å². The second-order valence-electron chi connectivity index (χ2n) is 5.66. The van der Waals surface area contributed by atoms with E-state index in [-0.39, 0.29) is 9.79 Å². The summed E-state index contributed by atoms with van der Waals surface area (Å²) in [5, 5.41) is 9.00. The van der Waals surface area contributed by atoms with Gasteiger partial charge in [0.1, 0.15) is 11.5 Å². The van der Waals surface area contributed by atoms with Gasteiger partial charge in [-0.05, 0) is 38.0 Å². The van der Waals surface area contributed by atoms with Crippen molar-refractivity contribution >= 4 is 20.0 Å². The molecule has 1 aromatic heterocycles. The molecule has 8 nitrogen and oxygen atoms in total. The highest BCUT2D eigenvalue weighted by molar-refractivity contribution is 7.90. The van der Waals surface area contributed by atoms with Crippen molar-refractivity contribution in [2.75, 3.05) is 6.54 Å². The molecule has 1 aliphatic rings. The summed E-state index contributed by atoms with van der Waals surface area (Å²) in [7, 11) is -7.86. The minimum Gasteiger partial charge on any atom is -0.361 e. The summed E-state index contributed by atoms with van der Waals surface area (Å²) in [4.78, 5) is -0.349. The number of nitrogens with two attached hydrogens (primary N) is 1. The third kappa shape index (κ3) is 3.09. The Hall–Kier alpha value is -1.75. The van der Waals surface area contributed by atoms with Crippen LogP contribution in [0.15, 0.2) is 44.6 Å². The first-order valence-corrected chi connectivity index (χ1v) is 10.3. The van der Waals surface area contributed by atoms with Gasteiger partial charge >= 0.3 is 0 Å². The number of nitrogens with zero attached hydrogens (tertiary/aromatic N) is 2. The van der Waals surface area contributed by atoms with Crippen LogP contribution in [-0.4, -0.2) is 32.8 Å². The third-order valence-corrected chi connectivity index (χ3v) is 6.75. The van der Waals surface area contributed by atoms with Gasteiger partial charge in [-0.25, -0.2) is 22.0 Å². The minimum absolute atomic E-state index is 0.110. The predicted molar refractivity (Wildman–Crippen MR) is 84.9 cm³/mol. The second-order valence-corrected chi connectivity index (χ2v) is 9.11. The molecule has 2 heterocycles. The monoisotopic (exact) mass is 371 g/mol. The first kappa shape index (κ1) is 17.1. The minimum atomic E-state index is -3.98. The van der Waals surface area contributed by atoms with Crippen molar-refractivity contribution in [2.45, 2.75) is 35.6 Å². The Morgan fingerprint density at radius 2 is 1.92 bits per heavy atom. The number of sulfonamides is 2. The largest absolute Gasteiger partial charge is 0.361 e. The molecule has 0 unspecified atom stereocenters. The molecule has 2 aromatic rings. The zero-order chi connectivity index (χ0) is 17.5. The maximum absolute atomic E-state index is 12.9. The van der Waals surface area contributed by atoms with E-state index in [0.717, 1.165) is 6.07 Å². The van der Waals surface area contributed by atoms with Crippen molar-refractivity contribution < 1.29 is 21.4 Å². The number of hydrogen-bond donors (Lipinski definition) is 1. The van der Waals surface area contributed by atoms with Crippen LogP contribution in [-0.2, 0) is 20.0 Å². The number of rotatable bonds is 4. The molecule has 1 aromatic carbocycles. The Labute approximate surface area is 140 Å². The molecule has 0 aliphatic carbocycles. The molecule has 0 amide bonds.